The lowest BCUT2D eigenvalue weighted by Crippen LogP contribution is -2.41. The number of nitrogens with one attached hydrogen (secondary N) is 1. The number of aryl methyl sites for hydroxylation is 1. The van der Waals surface area contributed by atoms with Gasteiger partial charge in [0.1, 0.15) is 5.82 Å². The highest BCUT2D eigenvalue weighted by Gasteiger charge is 2.25. The van der Waals surface area contributed by atoms with Crippen molar-refractivity contribution in [1.82, 2.24) is 10.2 Å². The molecule has 1 aromatic rings. The molecule has 3 rings (SSSR count). The molecule has 2 aliphatic rings. The summed E-state index contributed by atoms with van der Waals surface area (Å²) in [5.41, 5.74) is 2.11. The highest BCUT2D eigenvalue weighted by atomic mass is 19.1. The van der Waals surface area contributed by atoms with E-state index >= 15 is 0 Å². The van der Waals surface area contributed by atoms with Crippen LogP contribution in [0.4, 0.5) is 4.39 Å². The number of hydrogen-bond acceptors (Lipinski definition) is 2. The molecule has 0 unspecified atom stereocenters. The van der Waals surface area contributed by atoms with E-state index in [2.05, 4.69) is 30.3 Å². The average molecular weight is 333 g/mol. The first-order valence-electron chi connectivity index (χ1n) is 9.80. The maximum absolute atomic E-state index is 14.2. The van der Waals surface area contributed by atoms with Gasteiger partial charge in [0.25, 0.3) is 0 Å². The number of rotatable bonds is 5. The molecule has 0 bridgehead atoms. The van der Waals surface area contributed by atoms with Crippen LogP contribution < -0.4 is 5.32 Å². The summed E-state index contributed by atoms with van der Waals surface area (Å²) >= 11 is 0. The lowest BCUT2D eigenvalue weighted by atomic mass is 9.76. The van der Waals surface area contributed by atoms with Crippen LogP contribution in [0.1, 0.15) is 62.0 Å². The van der Waals surface area contributed by atoms with E-state index in [1.165, 1.54) is 45.2 Å². The molecule has 1 saturated heterocycles. The smallest absolute Gasteiger partial charge is 0.126 e. The van der Waals surface area contributed by atoms with E-state index in [-0.39, 0.29) is 5.82 Å². The molecule has 1 heterocycles. The Balaban J connectivity index is 1.39. The molecule has 0 radical (unpaired) electrons. The third kappa shape index (κ3) is 4.58. The Bertz CT molecular complexity index is 494. The van der Waals surface area contributed by atoms with Gasteiger partial charge in [-0.25, -0.2) is 4.39 Å². The van der Waals surface area contributed by atoms with Gasteiger partial charge in [-0.1, -0.05) is 12.1 Å². The summed E-state index contributed by atoms with van der Waals surface area (Å²) in [5.74, 6) is 1.26. The highest BCUT2D eigenvalue weighted by molar-refractivity contribution is 5.31. The van der Waals surface area contributed by atoms with Crippen LogP contribution in [-0.2, 0) is 0 Å². The normalized spacial score (nSPS) is 26.6. The molecule has 1 N–H and O–H groups in total. The summed E-state index contributed by atoms with van der Waals surface area (Å²) < 4.78 is 14.2. The predicted octanol–water partition coefficient (Wildman–Crippen LogP) is 4.48. The molecule has 3 heteroatoms. The number of nitrogens with zero attached hydrogens (tertiary/aromatic N) is 1. The Morgan fingerprint density at radius 2 is 1.79 bits per heavy atom. The third-order valence-electron chi connectivity index (χ3n) is 6.23. The fourth-order valence-electron chi connectivity index (χ4n) is 4.61. The zero-order valence-electron chi connectivity index (χ0n) is 15.4. The second-order valence-electron chi connectivity index (χ2n) is 8.01. The molecule has 0 amide bonds. The Kier molecular flexibility index (Phi) is 6.29. The van der Waals surface area contributed by atoms with Gasteiger partial charge in [0.05, 0.1) is 0 Å². The Labute approximate surface area is 146 Å². The van der Waals surface area contributed by atoms with Gasteiger partial charge in [0.2, 0.25) is 0 Å². The first kappa shape index (κ1) is 17.9. The quantitative estimate of drug-likeness (QED) is 0.855. The summed E-state index contributed by atoms with van der Waals surface area (Å²) in [7, 11) is 2.21. The third-order valence-corrected chi connectivity index (χ3v) is 6.23. The molecule has 0 aromatic heterocycles. The second-order valence-corrected chi connectivity index (χ2v) is 8.01. The molecular formula is C21H33FN2. The molecule has 24 heavy (non-hydrogen) atoms. The number of hydrogen-bond donors (Lipinski definition) is 1. The van der Waals surface area contributed by atoms with Crippen molar-refractivity contribution in [3.63, 3.8) is 0 Å². The average Bonchev–Trinajstić information content (AvgIpc) is 2.58. The Hall–Kier alpha value is -0.930. The van der Waals surface area contributed by atoms with E-state index in [1.807, 2.05) is 6.07 Å². The molecule has 0 atom stereocenters. The van der Waals surface area contributed by atoms with E-state index in [9.17, 15) is 4.39 Å². The van der Waals surface area contributed by atoms with Gasteiger partial charge >= 0.3 is 0 Å². The van der Waals surface area contributed by atoms with Gasteiger partial charge < -0.3 is 10.2 Å². The van der Waals surface area contributed by atoms with Crippen LogP contribution in [0.2, 0.25) is 0 Å². The van der Waals surface area contributed by atoms with Crippen molar-refractivity contribution in [1.29, 1.82) is 0 Å². The van der Waals surface area contributed by atoms with Crippen LogP contribution in [0.3, 0.4) is 0 Å². The minimum absolute atomic E-state index is 0.00221. The number of piperidine rings is 1. The van der Waals surface area contributed by atoms with Gasteiger partial charge in [0, 0.05) is 6.04 Å². The largest absolute Gasteiger partial charge is 0.314 e. The monoisotopic (exact) mass is 332 g/mol. The molecule has 1 aromatic carbocycles. The fourth-order valence-corrected chi connectivity index (χ4v) is 4.61. The first-order chi connectivity index (χ1) is 11.6. The maximum atomic E-state index is 14.2. The first-order valence-corrected chi connectivity index (χ1v) is 9.80. The van der Waals surface area contributed by atoms with Crippen molar-refractivity contribution >= 4 is 0 Å². The molecule has 1 saturated carbocycles. The van der Waals surface area contributed by atoms with Crippen LogP contribution in [0, 0.1) is 18.7 Å². The summed E-state index contributed by atoms with van der Waals surface area (Å²) in [6.07, 6.45) is 8.68. The Morgan fingerprint density at radius 3 is 2.46 bits per heavy atom. The van der Waals surface area contributed by atoms with Crippen LogP contribution in [0.15, 0.2) is 18.2 Å². The predicted molar refractivity (Wildman–Crippen MR) is 99.0 cm³/mol. The van der Waals surface area contributed by atoms with Crippen molar-refractivity contribution in [3.8, 4) is 0 Å². The number of halogens is 1. The molecular weight excluding hydrogens is 299 g/mol. The van der Waals surface area contributed by atoms with Crippen molar-refractivity contribution in [2.45, 2.75) is 63.8 Å². The topological polar surface area (TPSA) is 15.3 Å². The van der Waals surface area contributed by atoms with Crippen LogP contribution >= 0.6 is 0 Å². The fraction of sp³-hybridized carbons (Fsp3) is 0.714. The number of benzene rings is 1. The van der Waals surface area contributed by atoms with Gasteiger partial charge in [-0.15, -0.1) is 0 Å². The van der Waals surface area contributed by atoms with Crippen LogP contribution in [0.5, 0.6) is 0 Å². The number of likely N-dealkylation sites (tertiary alicyclic amines) is 1. The minimum atomic E-state index is 0.00221. The molecule has 2 nitrogen and oxygen atoms in total. The van der Waals surface area contributed by atoms with E-state index in [4.69, 9.17) is 0 Å². The summed E-state index contributed by atoms with van der Waals surface area (Å²) in [6, 6.07) is 6.23. The van der Waals surface area contributed by atoms with Crippen molar-refractivity contribution in [2.75, 3.05) is 26.7 Å². The van der Waals surface area contributed by atoms with E-state index in [0.29, 0.717) is 5.92 Å². The van der Waals surface area contributed by atoms with Gasteiger partial charge in [-0.05, 0) is 108 Å². The molecule has 2 fully saturated rings. The SMILES string of the molecule is Cc1cccc(F)c1C1CCC(CCNC2CCN(C)CC2)CC1. The summed E-state index contributed by atoms with van der Waals surface area (Å²) in [6.45, 7) is 5.66. The van der Waals surface area contributed by atoms with Crippen molar-refractivity contribution in [2.24, 2.45) is 5.92 Å². The van der Waals surface area contributed by atoms with Crippen molar-refractivity contribution in [3.05, 3.63) is 35.1 Å². The Morgan fingerprint density at radius 1 is 1.08 bits per heavy atom. The van der Waals surface area contributed by atoms with Gasteiger partial charge in [-0.2, -0.15) is 0 Å². The van der Waals surface area contributed by atoms with Crippen LogP contribution in [0.25, 0.3) is 0 Å². The highest BCUT2D eigenvalue weighted by Crippen LogP contribution is 2.39. The minimum Gasteiger partial charge on any atom is -0.314 e. The lowest BCUT2D eigenvalue weighted by Gasteiger charge is -2.32. The van der Waals surface area contributed by atoms with Crippen molar-refractivity contribution < 1.29 is 4.39 Å². The van der Waals surface area contributed by atoms with Gasteiger partial charge in [0.15, 0.2) is 0 Å². The zero-order chi connectivity index (χ0) is 16.9. The lowest BCUT2D eigenvalue weighted by molar-refractivity contribution is 0.228. The van der Waals surface area contributed by atoms with Crippen LogP contribution in [-0.4, -0.2) is 37.6 Å². The standard InChI is InChI=1S/C21H33FN2/c1-16-4-3-5-20(22)21(16)18-8-6-17(7-9-18)10-13-23-19-11-14-24(2)15-12-19/h3-5,17-19,23H,6-15H2,1-2H3. The maximum Gasteiger partial charge on any atom is 0.126 e. The van der Waals surface area contributed by atoms with E-state index in [1.54, 1.807) is 6.07 Å². The van der Waals surface area contributed by atoms with Gasteiger partial charge in [-0.3, -0.25) is 0 Å². The van der Waals surface area contributed by atoms with E-state index in [0.717, 1.165) is 42.5 Å². The molecule has 1 aliphatic heterocycles. The molecule has 1 aliphatic carbocycles. The van der Waals surface area contributed by atoms with E-state index < -0.39 is 0 Å². The summed E-state index contributed by atoms with van der Waals surface area (Å²) in [4.78, 5) is 2.42. The zero-order valence-corrected chi connectivity index (χ0v) is 15.4. The molecule has 134 valence electrons. The molecule has 0 spiro atoms. The second kappa shape index (κ2) is 8.44. The summed E-state index contributed by atoms with van der Waals surface area (Å²) in [5, 5.41) is 3.76.